The second-order valence-corrected chi connectivity index (χ2v) is 6.30. The Bertz CT molecular complexity index is 695. The topological polar surface area (TPSA) is 66.4 Å². The first-order valence-electron chi connectivity index (χ1n) is 8.11. The molecule has 0 aliphatic rings. The summed E-state index contributed by atoms with van der Waals surface area (Å²) in [6, 6.07) is 17.0. The van der Waals surface area contributed by atoms with Crippen LogP contribution in [0.25, 0.3) is 0 Å². The van der Waals surface area contributed by atoms with Gasteiger partial charge in [-0.2, -0.15) is 0 Å². The van der Waals surface area contributed by atoms with Crippen LogP contribution in [-0.4, -0.2) is 17.0 Å². The lowest BCUT2D eigenvalue weighted by molar-refractivity contribution is -0.136. The highest BCUT2D eigenvalue weighted by Crippen LogP contribution is 2.20. The van der Waals surface area contributed by atoms with Crippen LogP contribution in [0.1, 0.15) is 25.0 Å². The van der Waals surface area contributed by atoms with Crippen molar-refractivity contribution in [2.75, 3.05) is 5.32 Å². The van der Waals surface area contributed by atoms with Crippen LogP contribution in [0.15, 0.2) is 54.6 Å². The lowest BCUT2D eigenvalue weighted by Gasteiger charge is -2.20. The van der Waals surface area contributed by atoms with Crippen molar-refractivity contribution < 1.29 is 14.7 Å². The summed E-state index contributed by atoms with van der Waals surface area (Å²) in [6.45, 7) is 4.07. The quantitative estimate of drug-likeness (QED) is 0.814. The Kier molecular flexibility index (Phi) is 6.13. The van der Waals surface area contributed by atoms with E-state index in [1.54, 1.807) is 24.3 Å². The second kappa shape index (κ2) is 8.29. The molecule has 2 aromatic carbocycles. The summed E-state index contributed by atoms with van der Waals surface area (Å²) in [5.41, 5.74) is 2.44. The zero-order chi connectivity index (χ0) is 17.5. The zero-order valence-corrected chi connectivity index (χ0v) is 14.0. The highest BCUT2D eigenvalue weighted by atomic mass is 16.4. The first kappa shape index (κ1) is 17.7. The number of rotatable bonds is 7. The van der Waals surface area contributed by atoms with Crippen LogP contribution in [0.5, 0.6) is 0 Å². The number of benzene rings is 2. The molecule has 0 spiro atoms. The highest BCUT2D eigenvalue weighted by molar-refractivity contribution is 5.93. The number of carbonyl (C=O) groups excluding carboxylic acids is 1. The lowest BCUT2D eigenvalue weighted by Crippen LogP contribution is -2.28. The van der Waals surface area contributed by atoms with E-state index in [1.165, 1.54) is 0 Å². The highest BCUT2D eigenvalue weighted by Gasteiger charge is 2.22. The van der Waals surface area contributed by atoms with Crippen molar-refractivity contribution in [1.29, 1.82) is 0 Å². The Morgan fingerprint density at radius 2 is 1.67 bits per heavy atom. The van der Waals surface area contributed by atoms with Gasteiger partial charge in [0.15, 0.2) is 0 Å². The van der Waals surface area contributed by atoms with E-state index >= 15 is 0 Å². The number of aliphatic carboxylic acids is 1. The normalized spacial score (nSPS) is 12.0. The molecule has 0 aromatic heterocycles. The van der Waals surface area contributed by atoms with Gasteiger partial charge in [0, 0.05) is 11.6 Å². The minimum absolute atomic E-state index is 0.0404. The van der Waals surface area contributed by atoms with Crippen molar-refractivity contribution in [2.45, 2.75) is 26.7 Å². The van der Waals surface area contributed by atoms with E-state index in [9.17, 15) is 9.59 Å². The predicted molar refractivity (Wildman–Crippen MR) is 94.9 cm³/mol. The molecule has 1 unspecified atom stereocenters. The van der Waals surface area contributed by atoms with E-state index in [2.05, 4.69) is 5.32 Å². The largest absolute Gasteiger partial charge is 0.481 e. The van der Waals surface area contributed by atoms with Crippen LogP contribution >= 0.6 is 0 Å². The van der Waals surface area contributed by atoms with Crippen LogP contribution in [-0.2, 0) is 22.4 Å². The third kappa shape index (κ3) is 5.23. The maximum Gasteiger partial charge on any atom is 0.307 e. The maximum absolute atomic E-state index is 12.7. The molecule has 24 heavy (non-hydrogen) atoms. The molecule has 0 saturated heterocycles. The van der Waals surface area contributed by atoms with Gasteiger partial charge >= 0.3 is 5.97 Å². The van der Waals surface area contributed by atoms with E-state index in [4.69, 9.17) is 5.11 Å². The van der Waals surface area contributed by atoms with Crippen molar-refractivity contribution in [3.05, 3.63) is 65.7 Å². The first-order chi connectivity index (χ1) is 11.5. The standard InChI is InChI=1S/C20H23NO3/c1-14(2)18(12-15-7-4-3-5-8-15)20(24)21-17-10-6-9-16(11-17)13-19(22)23/h3-11,14,18H,12-13H2,1-2H3,(H,21,24)(H,22,23). The van der Waals surface area contributed by atoms with Crippen LogP contribution in [0.2, 0.25) is 0 Å². The third-order valence-corrected chi connectivity index (χ3v) is 3.99. The average Bonchev–Trinajstić information content (AvgIpc) is 2.53. The molecule has 0 bridgehead atoms. The van der Waals surface area contributed by atoms with E-state index in [1.807, 2.05) is 44.2 Å². The smallest absolute Gasteiger partial charge is 0.307 e. The fourth-order valence-electron chi connectivity index (χ4n) is 2.67. The van der Waals surface area contributed by atoms with Gasteiger partial charge < -0.3 is 10.4 Å². The van der Waals surface area contributed by atoms with Gasteiger partial charge in [0.2, 0.25) is 5.91 Å². The van der Waals surface area contributed by atoms with Gasteiger partial charge in [-0.1, -0.05) is 56.3 Å². The Labute approximate surface area is 142 Å². The average molecular weight is 325 g/mol. The molecule has 0 aliphatic carbocycles. The van der Waals surface area contributed by atoms with Gasteiger partial charge in [-0.3, -0.25) is 9.59 Å². The van der Waals surface area contributed by atoms with Crippen LogP contribution < -0.4 is 5.32 Å². The summed E-state index contributed by atoms with van der Waals surface area (Å²) in [5, 5.41) is 11.8. The fraction of sp³-hybridized carbons (Fsp3) is 0.300. The molecule has 1 amide bonds. The minimum atomic E-state index is -0.886. The van der Waals surface area contributed by atoms with Gasteiger partial charge in [0.1, 0.15) is 0 Å². The number of amides is 1. The Hall–Kier alpha value is -2.62. The van der Waals surface area contributed by atoms with E-state index in [0.717, 1.165) is 5.56 Å². The number of carboxylic acids is 1. The molecule has 2 rings (SSSR count). The Balaban J connectivity index is 2.09. The molecule has 4 heteroatoms. The number of carbonyl (C=O) groups is 2. The molecule has 0 fully saturated rings. The van der Waals surface area contributed by atoms with Crippen molar-refractivity contribution in [2.24, 2.45) is 11.8 Å². The summed E-state index contributed by atoms with van der Waals surface area (Å²) in [6.07, 6.45) is 0.625. The molecule has 4 nitrogen and oxygen atoms in total. The van der Waals surface area contributed by atoms with E-state index in [0.29, 0.717) is 17.7 Å². The van der Waals surface area contributed by atoms with Crippen LogP contribution in [0, 0.1) is 11.8 Å². The molecular weight excluding hydrogens is 302 g/mol. The number of hydrogen-bond acceptors (Lipinski definition) is 2. The Morgan fingerprint density at radius 1 is 1.00 bits per heavy atom. The van der Waals surface area contributed by atoms with Crippen molar-refractivity contribution >= 4 is 17.6 Å². The van der Waals surface area contributed by atoms with Crippen LogP contribution in [0.3, 0.4) is 0 Å². The predicted octanol–water partition coefficient (Wildman–Crippen LogP) is 3.77. The number of carboxylic acid groups (broad SMARTS) is 1. The van der Waals surface area contributed by atoms with Gasteiger partial charge in [0.05, 0.1) is 6.42 Å². The third-order valence-electron chi connectivity index (χ3n) is 3.99. The van der Waals surface area contributed by atoms with E-state index in [-0.39, 0.29) is 24.2 Å². The summed E-state index contributed by atoms with van der Waals surface area (Å²) in [7, 11) is 0. The molecule has 0 aliphatic heterocycles. The van der Waals surface area contributed by atoms with Crippen molar-refractivity contribution in [3.8, 4) is 0 Å². The zero-order valence-electron chi connectivity index (χ0n) is 14.0. The van der Waals surface area contributed by atoms with Gasteiger partial charge in [-0.15, -0.1) is 0 Å². The summed E-state index contributed by atoms with van der Waals surface area (Å²) in [4.78, 5) is 23.5. The Morgan fingerprint density at radius 3 is 2.29 bits per heavy atom. The number of hydrogen-bond donors (Lipinski definition) is 2. The van der Waals surface area contributed by atoms with Crippen LogP contribution in [0.4, 0.5) is 5.69 Å². The van der Waals surface area contributed by atoms with Gasteiger partial charge in [0.25, 0.3) is 0 Å². The van der Waals surface area contributed by atoms with Crippen molar-refractivity contribution in [1.82, 2.24) is 0 Å². The molecule has 0 radical (unpaired) electrons. The monoisotopic (exact) mass is 325 g/mol. The number of nitrogens with one attached hydrogen (secondary N) is 1. The molecule has 2 aromatic rings. The molecule has 126 valence electrons. The second-order valence-electron chi connectivity index (χ2n) is 6.30. The SMILES string of the molecule is CC(C)C(Cc1ccccc1)C(=O)Nc1cccc(CC(=O)O)c1. The summed E-state index contributed by atoms with van der Waals surface area (Å²) < 4.78 is 0. The minimum Gasteiger partial charge on any atom is -0.481 e. The molecule has 0 saturated carbocycles. The summed E-state index contributed by atoms with van der Waals surface area (Å²) in [5.74, 6) is -0.869. The molecule has 0 heterocycles. The summed E-state index contributed by atoms with van der Waals surface area (Å²) >= 11 is 0. The van der Waals surface area contributed by atoms with Crippen molar-refractivity contribution in [3.63, 3.8) is 0 Å². The molecule has 1 atom stereocenters. The van der Waals surface area contributed by atoms with Gasteiger partial charge in [-0.05, 0) is 35.6 Å². The maximum atomic E-state index is 12.7. The lowest BCUT2D eigenvalue weighted by atomic mass is 9.88. The van der Waals surface area contributed by atoms with E-state index < -0.39 is 5.97 Å². The number of anilines is 1. The molecule has 2 N–H and O–H groups in total. The first-order valence-corrected chi connectivity index (χ1v) is 8.11. The fourth-order valence-corrected chi connectivity index (χ4v) is 2.67. The van der Waals surface area contributed by atoms with Gasteiger partial charge in [-0.25, -0.2) is 0 Å². The molecular formula is C20H23NO3.